The number of hydrogen-bond donors (Lipinski definition) is 0. The van der Waals surface area contributed by atoms with Gasteiger partial charge in [-0.15, -0.1) is 0 Å². The van der Waals surface area contributed by atoms with E-state index in [0.29, 0.717) is 6.61 Å². The number of ether oxygens (including phenoxy) is 2. The maximum Gasteiger partial charge on any atom is 0.310 e. The van der Waals surface area contributed by atoms with Crippen molar-refractivity contribution in [2.75, 3.05) is 6.61 Å². The first-order valence-electron chi connectivity index (χ1n) is 6.57. The van der Waals surface area contributed by atoms with Crippen LogP contribution in [0.25, 0.3) is 0 Å². The molecule has 0 fully saturated rings. The smallest absolute Gasteiger partial charge is 0.310 e. The number of hydrogen-bond acceptors (Lipinski definition) is 3. The van der Waals surface area contributed by atoms with E-state index in [-0.39, 0.29) is 18.5 Å². The zero-order chi connectivity index (χ0) is 13.4. The molecule has 3 nitrogen and oxygen atoms in total. The predicted molar refractivity (Wildman–Crippen MR) is 71.8 cm³/mol. The van der Waals surface area contributed by atoms with Crippen LogP contribution in [0.3, 0.4) is 0 Å². The Morgan fingerprint density at radius 2 is 2.00 bits per heavy atom. The van der Waals surface area contributed by atoms with Gasteiger partial charge >= 0.3 is 5.97 Å². The molecule has 1 unspecified atom stereocenters. The fourth-order valence-corrected chi connectivity index (χ4v) is 1.83. The largest absolute Gasteiger partial charge is 0.494 e. The average Bonchev–Trinajstić information content (AvgIpc) is 2.32. The lowest BCUT2D eigenvalue weighted by atomic mass is 10.1. The van der Waals surface area contributed by atoms with Gasteiger partial charge in [-0.05, 0) is 26.3 Å². The van der Waals surface area contributed by atoms with E-state index in [9.17, 15) is 4.79 Å². The molecule has 0 aliphatic heterocycles. The normalized spacial score (nSPS) is 11.9. The number of esters is 1. The first kappa shape index (κ1) is 14.6. The Hall–Kier alpha value is -1.51. The second-order valence-electron chi connectivity index (χ2n) is 4.31. The number of benzene rings is 1. The number of rotatable bonds is 7. The molecular formula is C15H22O3. The van der Waals surface area contributed by atoms with E-state index in [0.717, 1.165) is 24.2 Å². The molecule has 18 heavy (non-hydrogen) atoms. The van der Waals surface area contributed by atoms with Crippen LogP contribution in [-0.2, 0) is 16.0 Å². The third-order valence-electron chi connectivity index (χ3n) is 2.64. The molecule has 0 heterocycles. The lowest BCUT2D eigenvalue weighted by Crippen LogP contribution is -2.16. The molecule has 1 rings (SSSR count). The van der Waals surface area contributed by atoms with Gasteiger partial charge in [-0.2, -0.15) is 0 Å². The Labute approximate surface area is 109 Å². The molecule has 1 aromatic rings. The standard InChI is InChI=1S/C15H22O3/c1-4-8-12(3)18-15(16)11-13-9-6-7-10-14(13)17-5-2/h6-7,9-10,12H,4-5,8,11H2,1-3H3. The molecule has 0 bridgehead atoms. The second-order valence-corrected chi connectivity index (χ2v) is 4.31. The Morgan fingerprint density at radius 1 is 1.28 bits per heavy atom. The van der Waals surface area contributed by atoms with Crippen LogP contribution >= 0.6 is 0 Å². The maximum absolute atomic E-state index is 11.8. The van der Waals surface area contributed by atoms with Crippen LogP contribution in [0.5, 0.6) is 5.75 Å². The average molecular weight is 250 g/mol. The van der Waals surface area contributed by atoms with E-state index >= 15 is 0 Å². The van der Waals surface area contributed by atoms with Gasteiger partial charge in [-0.25, -0.2) is 0 Å². The summed E-state index contributed by atoms with van der Waals surface area (Å²) in [7, 11) is 0. The lowest BCUT2D eigenvalue weighted by Gasteiger charge is -2.13. The van der Waals surface area contributed by atoms with Crippen molar-refractivity contribution in [3.63, 3.8) is 0 Å². The highest BCUT2D eigenvalue weighted by molar-refractivity contribution is 5.73. The van der Waals surface area contributed by atoms with Crippen LogP contribution < -0.4 is 4.74 Å². The molecule has 0 aliphatic rings. The number of carbonyl (C=O) groups is 1. The fraction of sp³-hybridized carbons (Fsp3) is 0.533. The predicted octanol–water partition coefficient (Wildman–Crippen LogP) is 3.36. The first-order chi connectivity index (χ1) is 8.67. The van der Waals surface area contributed by atoms with Gasteiger partial charge in [0.25, 0.3) is 0 Å². The zero-order valence-electron chi connectivity index (χ0n) is 11.4. The Balaban J connectivity index is 2.58. The monoisotopic (exact) mass is 250 g/mol. The summed E-state index contributed by atoms with van der Waals surface area (Å²) in [4.78, 5) is 11.8. The van der Waals surface area contributed by atoms with E-state index in [2.05, 4.69) is 6.92 Å². The van der Waals surface area contributed by atoms with Crippen LogP contribution in [0.2, 0.25) is 0 Å². The van der Waals surface area contributed by atoms with E-state index in [1.165, 1.54) is 0 Å². The van der Waals surface area contributed by atoms with E-state index in [4.69, 9.17) is 9.47 Å². The molecule has 0 N–H and O–H groups in total. The van der Waals surface area contributed by atoms with Gasteiger partial charge in [0, 0.05) is 5.56 Å². The molecule has 0 aromatic heterocycles. The molecular weight excluding hydrogens is 228 g/mol. The highest BCUT2D eigenvalue weighted by Crippen LogP contribution is 2.19. The van der Waals surface area contributed by atoms with Gasteiger partial charge in [0.15, 0.2) is 0 Å². The third-order valence-corrected chi connectivity index (χ3v) is 2.64. The van der Waals surface area contributed by atoms with Crippen molar-refractivity contribution in [2.45, 2.75) is 46.1 Å². The van der Waals surface area contributed by atoms with Gasteiger partial charge in [0.05, 0.1) is 19.1 Å². The van der Waals surface area contributed by atoms with Gasteiger partial charge in [0.2, 0.25) is 0 Å². The maximum atomic E-state index is 11.8. The summed E-state index contributed by atoms with van der Waals surface area (Å²) >= 11 is 0. The van der Waals surface area contributed by atoms with Crippen molar-refractivity contribution < 1.29 is 14.3 Å². The van der Waals surface area contributed by atoms with Crippen molar-refractivity contribution in [2.24, 2.45) is 0 Å². The van der Waals surface area contributed by atoms with Gasteiger partial charge < -0.3 is 9.47 Å². The summed E-state index contributed by atoms with van der Waals surface area (Å²) in [6.45, 7) is 6.53. The summed E-state index contributed by atoms with van der Waals surface area (Å²) in [5.74, 6) is 0.572. The molecule has 0 saturated carbocycles. The molecule has 1 atom stereocenters. The van der Waals surface area contributed by atoms with Gasteiger partial charge in [0.1, 0.15) is 5.75 Å². The number of para-hydroxylation sites is 1. The van der Waals surface area contributed by atoms with Crippen LogP contribution in [0.4, 0.5) is 0 Å². The lowest BCUT2D eigenvalue weighted by molar-refractivity contribution is -0.147. The molecule has 0 saturated heterocycles. The van der Waals surface area contributed by atoms with Crippen molar-refractivity contribution >= 4 is 5.97 Å². The molecule has 0 aliphatic carbocycles. The first-order valence-corrected chi connectivity index (χ1v) is 6.57. The summed E-state index contributed by atoms with van der Waals surface area (Å²) in [5.41, 5.74) is 0.882. The Kier molecular flexibility index (Phi) is 6.26. The highest BCUT2D eigenvalue weighted by atomic mass is 16.5. The van der Waals surface area contributed by atoms with Crippen LogP contribution in [0, 0.1) is 0 Å². The number of carbonyl (C=O) groups excluding carboxylic acids is 1. The minimum atomic E-state index is -0.192. The van der Waals surface area contributed by atoms with Crippen molar-refractivity contribution in [1.82, 2.24) is 0 Å². The second kappa shape index (κ2) is 7.75. The van der Waals surface area contributed by atoms with E-state index < -0.39 is 0 Å². The van der Waals surface area contributed by atoms with Gasteiger partial charge in [-0.3, -0.25) is 4.79 Å². The summed E-state index contributed by atoms with van der Waals surface area (Å²) in [6, 6.07) is 7.58. The zero-order valence-corrected chi connectivity index (χ0v) is 11.4. The topological polar surface area (TPSA) is 35.5 Å². The highest BCUT2D eigenvalue weighted by Gasteiger charge is 2.12. The molecule has 1 aromatic carbocycles. The summed E-state index contributed by atoms with van der Waals surface area (Å²) in [6.07, 6.45) is 2.18. The minimum absolute atomic E-state index is 0.0123. The molecule has 0 amide bonds. The SMILES string of the molecule is CCCC(C)OC(=O)Cc1ccccc1OCC. The fourth-order valence-electron chi connectivity index (χ4n) is 1.83. The van der Waals surface area contributed by atoms with Crippen LogP contribution in [0.15, 0.2) is 24.3 Å². The minimum Gasteiger partial charge on any atom is -0.494 e. The summed E-state index contributed by atoms with van der Waals surface area (Å²) < 4.78 is 10.8. The Bertz CT molecular complexity index is 374. The van der Waals surface area contributed by atoms with E-state index in [1.54, 1.807) is 0 Å². The van der Waals surface area contributed by atoms with Crippen molar-refractivity contribution in [1.29, 1.82) is 0 Å². The van der Waals surface area contributed by atoms with Crippen molar-refractivity contribution in [3.05, 3.63) is 29.8 Å². The molecule has 100 valence electrons. The third kappa shape index (κ3) is 4.78. The Morgan fingerprint density at radius 3 is 2.67 bits per heavy atom. The van der Waals surface area contributed by atoms with E-state index in [1.807, 2.05) is 38.1 Å². The van der Waals surface area contributed by atoms with Crippen LogP contribution in [-0.4, -0.2) is 18.7 Å². The van der Waals surface area contributed by atoms with Crippen LogP contribution in [0.1, 0.15) is 39.2 Å². The molecule has 0 radical (unpaired) electrons. The molecule has 0 spiro atoms. The van der Waals surface area contributed by atoms with Gasteiger partial charge in [-0.1, -0.05) is 31.5 Å². The van der Waals surface area contributed by atoms with Crippen molar-refractivity contribution in [3.8, 4) is 5.75 Å². The summed E-state index contributed by atoms with van der Waals surface area (Å²) in [5, 5.41) is 0. The quantitative estimate of drug-likeness (QED) is 0.696. The molecule has 3 heteroatoms.